The van der Waals surface area contributed by atoms with Crippen molar-refractivity contribution < 1.29 is 19.4 Å². The van der Waals surface area contributed by atoms with Crippen LogP contribution < -0.4 is 14.9 Å². The molecule has 1 amide bonds. The van der Waals surface area contributed by atoms with Gasteiger partial charge in [0.2, 0.25) is 0 Å². The van der Waals surface area contributed by atoms with Crippen molar-refractivity contribution in [2.45, 2.75) is 6.61 Å². The minimum absolute atomic E-state index is 0.0747. The maximum atomic E-state index is 12.6. The lowest BCUT2D eigenvalue weighted by Gasteiger charge is -2.11. The second-order valence-corrected chi connectivity index (χ2v) is 8.23. The van der Waals surface area contributed by atoms with Crippen LogP contribution in [-0.2, 0) is 6.61 Å². The first-order chi connectivity index (χ1) is 18.1. The van der Waals surface area contributed by atoms with Gasteiger partial charge in [-0.2, -0.15) is 10.2 Å². The average molecular weight is 493 g/mol. The summed E-state index contributed by atoms with van der Waals surface area (Å²) in [5.41, 5.74) is 5.59. The van der Waals surface area contributed by atoms with Gasteiger partial charge in [-0.05, 0) is 46.7 Å². The molecule has 0 bridgehead atoms. The number of rotatable bonds is 8. The molecule has 5 aromatic rings. The molecular formula is C29H24N4O4. The summed E-state index contributed by atoms with van der Waals surface area (Å²) >= 11 is 0. The molecule has 0 fully saturated rings. The van der Waals surface area contributed by atoms with E-state index >= 15 is 0 Å². The number of benzene rings is 4. The van der Waals surface area contributed by atoms with Crippen molar-refractivity contribution in [3.8, 4) is 28.5 Å². The summed E-state index contributed by atoms with van der Waals surface area (Å²) in [4.78, 5) is 12.6. The van der Waals surface area contributed by atoms with Gasteiger partial charge >= 0.3 is 0 Å². The van der Waals surface area contributed by atoms with E-state index in [4.69, 9.17) is 9.47 Å². The quantitative estimate of drug-likeness (QED) is 0.202. The summed E-state index contributed by atoms with van der Waals surface area (Å²) in [6.45, 7) is 0.417. The third kappa shape index (κ3) is 5.28. The maximum absolute atomic E-state index is 12.6. The first kappa shape index (κ1) is 23.6. The Morgan fingerprint density at radius 1 is 1.00 bits per heavy atom. The highest BCUT2D eigenvalue weighted by Crippen LogP contribution is 2.32. The maximum Gasteiger partial charge on any atom is 0.289 e. The van der Waals surface area contributed by atoms with Crippen LogP contribution in [0.2, 0.25) is 0 Å². The lowest BCUT2D eigenvalue weighted by Crippen LogP contribution is -2.18. The lowest BCUT2D eigenvalue weighted by atomic mass is 10.0. The van der Waals surface area contributed by atoms with Crippen LogP contribution >= 0.6 is 0 Å². The topological polar surface area (TPSA) is 109 Å². The third-order valence-electron chi connectivity index (χ3n) is 5.83. The first-order valence-corrected chi connectivity index (χ1v) is 11.6. The fourth-order valence-corrected chi connectivity index (χ4v) is 3.90. The zero-order chi connectivity index (χ0) is 25.6. The number of nitrogens with one attached hydrogen (secondary N) is 2. The first-order valence-electron chi connectivity index (χ1n) is 11.6. The Balaban J connectivity index is 1.27. The molecule has 3 N–H and O–H groups in total. The van der Waals surface area contributed by atoms with Crippen molar-refractivity contribution in [3.63, 3.8) is 0 Å². The van der Waals surface area contributed by atoms with Gasteiger partial charge < -0.3 is 14.6 Å². The van der Waals surface area contributed by atoms with E-state index in [1.165, 1.54) is 6.21 Å². The Kier molecular flexibility index (Phi) is 6.80. The fraction of sp³-hybridized carbons (Fsp3) is 0.0690. The zero-order valence-corrected chi connectivity index (χ0v) is 20.0. The summed E-state index contributed by atoms with van der Waals surface area (Å²) in [5, 5.41) is 23.0. The van der Waals surface area contributed by atoms with E-state index in [2.05, 4.69) is 20.7 Å². The van der Waals surface area contributed by atoms with Gasteiger partial charge in [0.15, 0.2) is 11.5 Å². The molecule has 1 aromatic heterocycles. The van der Waals surface area contributed by atoms with E-state index in [9.17, 15) is 9.90 Å². The van der Waals surface area contributed by atoms with E-state index in [-0.39, 0.29) is 11.4 Å². The standard InChI is InChI=1S/C29H24N4O4/c1-36-28-15-21(12-14-27(28)37-18-19-7-3-2-4-8-19)24-16-25(32-31-24)29(35)33-30-17-23-22-10-6-5-9-20(22)11-13-26(23)34/h2-17,34H,18H2,1H3,(H,31,32)(H,33,35)/b30-17-. The molecule has 0 aliphatic heterocycles. The highest BCUT2D eigenvalue weighted by atomic mass is 16.5. The molecule has 0 spiro atoms. The molecule has 0 saturated carbocycles. The number of phenolic OH excluding ortho intramolecular Hbond substituents is 1. The number of hydrogen-bond donors (Lipinski definition) is 3. The van der Waals surface area contributed by atoms with Gasteiger partial charge in [0.1, 0.15) is 18.1 Å². The molecule has 8 heteroatoms. The van der Waals surface area contributed by atoms with E-state index in [1.807, 2.05) is 72.8 Å². The average Bonchev–Trinajstić information content (AvgIpc) is 3.44. The molecule has 0 aliphatic rings. The molecule has 0 atom stereocenters. The summed E-state index contributed by atoms with van der Waals surface area (Å²) < 4.78 is 11.4. The Morgan fingerprint density at radius 3 is 2.65 bits per heavy atom. The minimum atomic E-state index is -0.468. The second-order valence-electron chi connectivity index (χ2n) is 8.23. The molecule has 0 saturated heterocycles. The number of H-pyrrole nitrogens is 1. The van der Waals surface area contributed by atoms with Crippen LogP contribution in [0, 0.1) is 0 Å². The van der Waals surface area contributed by atoms with E-state index in [0.29, 0.717) is 29.4 Å². The van der Waals surface area contributed by atoms with E-state index < -0.39 is 5.91 Å². The van der Waals surface area contributed by atoms with Crippen molar-refractivity contribution in [2.24, 2.45) is 5.10 Å². The van der Waals surface area contributed by atoms with Gasteiger partial charge in [-0.25, -0.2) is 5.43 Å². The molecule has 1 heterocycles. The normalized spacial score (nSPS) is 11.1. The van der Waals surface area contributed by atoms with Gasteiger partial charge in [-0.1, -0.05) is 60.7 Å². The van der Waals surface area contributed by atoms with Gasteiger partial charge in [-0.3, -0.25) is 9.89 Å². The Morgan fingerprint density at radius 2 is 1.81 bits per heavy atom. The molecule has 4 aromatic carbocycles. The van der Waals surface area contributed by atoms with Crippen molar-refractivity contribution in [3.05, 3.63) is 108 Å². The van der Waals surface area contributed by atoms with Crippen LogP contribution in [0.25, 0.3) is 22.0 Å². The Labute approximate surface area is 213 Å². The summed E-state index contributed by atoms with van der Waals surface area (Å²) in [5.74, 6) is 0.770. The number of aromatic nitrogens is 2. The summed E-state index contributed by atoms with van der Waals surface area (Å²) in [6, 6.07) is 28.0. The number of fused-ring (bicyclic) bond motifs is 1. The van der Waals surface area contributed by atoms with Crippen LogP contribution in [0.5, 0.6) is 17.2 Å². The number of nitrogens with zero attached hydrogens (tertiary/aromatic N) is 2. The number of aromatic amines is 1. The molecule has 0 aliphatic carbocycles. The van der Waals surface area contributed by atoms with Crippen LogP contribution in [-0.4, -0.2) is 34.5 Å². The van der Waals surface area contributed by atoms with Crippen LogP contribution in [0.1, 0.15) is 21.6 Å². The fourth-order valence-electron chi connectivity index (χ4n) is 3.90. The Hall–Kier alpha value is -5.11. The van der Waals surface area contributed by atoms with E-state index in [1.54, 1.807) is 25.3 Å². The lowest BCUT2D eigenvalue weighted by molar-refractivity contribution is 0.0950. The third-order valence-corrected chi connectivity index (χ3v) is 5.83. The van der Waals surface area contributed by atoms with Gasteiger partial charge in [-0.15, -0.1) is 0 Å². The van der Waals surface area contributed by atoms with Gasteiger partial charge in [0.25, 0.3) is 5.91 Å². The number of carbonyl (C=O) groups excluding carboxylic acids is 1. The smallest absolute Gasteiger partial charge is 0.289 e. The number of aromatic hydroxyl groups is 1. The number of hydrazone groups is 1. The highest BCUT2D eigenvalue weighted by molar-refractivity contribution is 6.03. The largest absolute Gasteiger partial charge is 0.507 e. The number of phenols is 1. The summed E-state index contributed by atoms with van der Waals surface area (Å²) in [7, 11) is 1.57. The predicted molar refractivity (Wildman–Crippen MR) is 142 cm³/mol. The minimum Gasteiger partial charge on any atom is -0.507 e. The zero-order valence-electron chi connectivity index (χ0n) is 20.0. The number of amides is 1. The second kappa shape index (κ2) is 10.7. The molecule has 37 heavy (non-hydrogen) atoms. The van der Waals surface area contributed by atoms with Crippen LogP contribution in [0.15, 0.2) is 96.1 Å². The van der Waals surface area contributed by atoms with Crippen molar-refractivity contribution >= 4 is 22.9 Å². The monoisotopic (exact) mass is 492 g/mol. The van der Waals surface area contributed by atoms with Gasteiger partial charge in [0, 0.05) is 11.1 Å². The Bertz CT molecular complexity index is 1580. The van der Waals surface area contributed by atoms with Crippen LogP contribution in [0.4, 0.5) is 0 Å². The number of carbonyl (C=O) groups is 1. The van der Waals surface area contributed by atoms with Crippen molar-refractivity contribution in [1.82, 2.24) is 15.6 Å². The van der Waals surface area contributed by atoms with Crippen molar-refractivity contribution in [2.75, 3.05) is 7.11 Å². The molecule has 0 unspecified atom stereocenters. The molecular weight excluding hydrogens is 468 g/mol. The van der Waals surface area contributed by atoms with E-state index in [0.717, 1.165) is 21.9 Å². The van der Waals surface area contributed by atoms with Crippen molar-refractivity contribution in [1.29, 1.82) is 0 Å². The molecule has 184 valence electrons. The summed E-state index contributed by atoms with van der Waals surface area (Å²) in [6.07, 6.45) is 1.42. The predicted octanol–water partition coefficient (Wildman–Crippen LogP) is 5.29. The number of ether oxygens (including phenoxy) is 2. The highest BCUT2D eigenvalue weighted by Gasteiger charge is 2.13. The SMILES string of the molecule is COc1cc(-c2cc(C(=O)N/N=C\c3c(O)ccc4ccccc34)[nH]n2)ccc1OCc1ccccc1. The number of methoxy groups -OCH3 is 1. The number of hydrogen-bond acceptors (Lipinski definition) is 6. The van der Waals surface area contributed by atoms with Gasteiger partial charge in [0.05, 0.1) is 19.0 Å². The van der Waals surface area contributed by atoms with Crippen LogP contribution in [0.3, 0.4) is 0 Å². The molecule has 0 radical (unpaired) electrons. The molecule has 5 rings (SSSR count). The molecule has 8 nitrogen and oxygen atoms in total.